The van der Waals surface area contributed by atoms with E-state index in [2.05, 4.69) is 10.6 Å². The van der Waals surface area contributed by atoms with E-state index in [0.717, 1.165) is 16.3 Å². The Balaban J connectivity index is 1.55. The number of halogens is 1. The van der Waals surface area contributed by atoms with Crippen molar-refractivity contribution < 1.29 is 14.3 Å². The second-order valence-corrected chi connectivity index (χ2v) is 6.40. The summed E-state index contributed by atoms with van der Waals surface area (Å²) in [5.74, 6) is -0.0187. The smallest absolute Gasteiger partial charge is 0.243 e. The molecular formula is C21H19ClN2O3. The van der Waals surface area contributed by atoms with Crippen LogP contribution < -0.4 is 15.4 Å². The third-order valence-electron chi connectivity index (χ3n) is 4.11. The fourth-order valence-corrected chi connectivity index (χ4v) is 3.07. The molecule has 0 aliphatic carbocycles. The third kappa shape index (κ3) is 4.77. The van der Waals surface area contributed by atoms with Crippen molar-refractivity contribution >= 4 is 39.9 Å². The molecule has 0 aliphatic heterocycles. The molecule has 0 spiro atoms. The molecule has 0 fully saturated rings. The lowest BCUT2D eigenvalue weighted by molar-refractivity contribution is -0.123. The Morgan fingerprint density at radius 1 is 1.00 bits per heavy atom. The average Bonchev–Trinajstić information content (AvgIpc) is 2.67. The number of rotatable bonds is 6. The largest absolute Gasteiger partial charge is 0.495 e. The maximum Gasteiger partial charge on any atom is 0.243 e. The van der Waals surface area contributed by atoms with Crippen molar-refractivity contribution in [2.24, 2.45) is 0 Å². The summed E-state index contributed by atoms with van der Waals surface area (Å²) < 4.78 is 5.07. The fraction of sp³-hybridized carbons (Fsp3) is 0.143. The van der Waals surface area contributed by atoms with E-state index in [0.29, 0.717) is 16.5 Å². The molecule has 0 aromatic heterocycles. The molecule has 3 aromatic rings. The Morgan fingerprint density at radius 3 is 2.56 bits per heavy atom. The van der Waals surface area contributed by atoms with Gasteiger partial charge in [0, 0.05) is 5.69 Å². The van der Waals surface area contributed by atoms with Gasteiger partial charge in [-0.2, -0.15) is 0 Å². The van der Waals surface area contributed by atoms with Crippen LogP contribution in [0.4, 0.5) is 5.69 Å². The number of ether oxygens (including phenoxy) is 1. The Bertz CT molecular complexity index is 983. The zero-order valence-electron chi connectivity index (χ0n) is 14.8. The Labute approximate surface area is 162 Å². The summed E-state index contributed by atoms with van der Waals surface area (Å²) in [5, 5.41) is 7.85. The Morgan fingerprint density at radius 2 is 1.78 bits per heavy atom. The molecule has 0 aliphatic rings. The molecule has 2 N–H and O–H groups in total. The van der Waals surface area contributed by atoms with Crippen LogP contribution in [0.5, 0.6) is 5.75 Å². The number of amides is 2. The number of carbonyl (C=O) groups excluding carboxylic acids is 2. The summed E-state index contributed by atoms with van der Waals surface area (Å²) in [5.41, 5.74) is 1.46. The molecule has 0 atom stereocenters. The van der Waals surface area contributed by atoms with Gasteiger partial charge < -0.3 is 15.4 Å². The molecule has 5 nitrogen and oxygen atoms in total. The van der Waals surface area contributed by atoms with Gasteiger partial charge in [-0.25, -0.2) is 0 Å². The van der Waals surface area contributed by atoms with Crippen LogP contribution in [-0.4, -0.2) is 25.5 Å². The van der Waals surface area contributed by atoms with Crippen LogP contribution in [0.25, 0.3) is 10.8 Å². The zero-order valence-corrected chi connectivity index (χ0v) is 15.5. The van der Waals surface area contributed by atoms with Gasteiger partial charge in [0.15, 0.2) is 0 Å². The van der Waals surface area contributed by atoms with Gasteiger partial charge >= 0.3 is 0 Å². The number of carbonyl (C=O) groups is 2. The standard InChI is InChI=1S/C21H19ClN2O3/c1-27-19-10-9-16(12-18(19)22)24-21(26)13-23-20(25)11-15-7-4-6-14-5-2-3-8-17(14)15/h2-10,12H,11,13H2,1H3,(H,23,25)(H,24,26). The van der Waals surface area contributed by atoms with Crippen LogP contribution >= 0.6 is 11.6 Å². The number of hydrogen-bond acceptors (Lipinski definition) is 3. The monoisotopic (exact) mass is 382 g/mol. The molecule has 6 heteroatoms. The summed E-state index contributed by atoms with van der Waals surface area (Å²) in [6, 6.07) is 18.7. The highest BCUT2D eigenvalue weighted by atomic mass is 35.5. The van der Waals surface area contributed by atoms with E-state index in [9.17, 15) is 9.59 Å². The number of anilines is 1. The Kier molecular flexibility index (Phi) is 5.94. The van der Waals surface area contributed by atoms with Crippen molar-refractivity contribution in [3.8, 4) is 5.75 Å². The number of benzene rings is 3. The first-order chi connectivity index (χ1) is 13.1. The lowest BCUT2D eigenvalue weighted by atomic mass is 10.0. The van der Waals surface area contributed by atoms with Crippen molar-refractivity contribution in [2.75, 3.05) is 19.0 Å². The zero-order chi connectivity index (χ0) is 19.2. The summed E-state index contributed by atoms with van der Waals surface area (Å²) in [4.78, 5) is 24.3. The van der Waals surface area contributed by atoms with Gasteiger partial charge in [0.1, 0.15) is 5.75 Å². The molecule has 0 bridgehead atoms. The molecule has 0 radical (unpaired) electrons. The van der Waals surface area contributed by atoms with Gasteiger partial charge in [-0.1, -0.05) is 54.1 Å². The summed E-state index contributed by atoms with van der Waals surface area (Å²) in [6.45, 7) is -0.118. The maximum absolute atomic E-state index is 12.2. The molecule has 27 heavy (non-hydrogen) atoms. The van der Waals surface area contributed by atoms with Crippen molar-refractivity contribution in [1.82, 2.24) is 5.32 Å². The van der Waals surface area contributed by atoms with Gasteiger partial charge in [-0.05, 0) is 34.5 Å². The first-order valence-electron chi connectivity index (χ1n) is 8.43. The first kappa shape index (κ1) is 18.7. The third-order valence-corrected chi connectivity index (χ3v) is 4.41. The van der Waals surface area contributed by atoms with E-state index in [4.69, 9.17) is 16.3 Å². The van der Waals surface area contributed by atoms with Gasteiger partial charge in [0.2, 0.25) is 11.8 Å². The molecule has 0 unspecified atom stereocenters. The summed E-state index contributed by atoms with van der Waals surface area (Å²) in [6.07, 6.45) is 0.211. The van der Waals surface area contributed by atoms with Crippen LogP contribution in [-0.2, 0) is 16.0 Å². The van der Waals surface area contributed by atoms with Crippen molar-refractivity contribution in [2.45, 2.75) is 6.42 Å². The molecule has 3 aromatic carbocycles. The summed E-state index contributed by atoms with van der Waals surface area (Å²) in [7, 11) is 1.52. The minimum absolute atomic E-state index is 0.118. The number of nitrogens with one attached hydrogen (secondary N) is 2. The van der Waals surface area contributed by atoms with Crippen LogP contribution in [0, 0.1) is 0 Å². The number of fused-ring (bicyclic) bond motifs is 1. The highest BCUT2D eigenvalue weighted by Gasteiger charge is 2.10. The van der Waals surface area contributed by atoms with E-state index in [1.54, 1.807) is 18.2 Å². The van der Waals surface area contributed by atoms with Crippen molar-refractivity contribution in [1.29, 1.82) is 0 Å². The molecular weight excluding hydrogens is 364 g/mol. The van der Waals surface area contributed by atoms with E-state index in [1.165, 1.54) is 7.11 Å². The molecule has 138 valence electrons. The van der Waals surface area contributed by atoms with Crippen molar-refractivity contribution in [3.05, 3.63) is 71.2 Å². The van der Waals surface area contributed by atoms with E-state index in [1.807, 2.05) is 42.5 Å². The second kappa shape index (κ2) is 8.56. The highest BCUT2D eigenvalue weighted by molar-refractivity contribution is 6.32. The summed E-state index contributed by atoms with van der Waals surface area (Å²) >= 11 is 6.03. The van der Waals surface area contributed by atoms with E-state index >= 15 is 0 Å². The quantitative estimate of drug-likeness (QED) is 0.681. The van der Waals surface area contributed by atoms with E-state index in [-0.39, 0.29) is 24.8 Å². The maximum atomic E-state index is 12.2. The van der Waals surface area contributed by atoms with Gasteiger partial charge in [-0.15, -0.1) is 0 Å². The minimum atomic E-state index is -0.331. The van der Waals surface area contributed by atoms with Gasteiger partial charge in [0.25, 0.3) is 0 Å². The van der Waals surface area contributed by atoms with Crippen molar-refractivity contribution in [3.63, 3.8) is 0 Å². The van der Waals surface area contributed by atoms with Gasteiger partial charge in [0.05, 0.1) is 25.1 Å². The first-order valence-corrected chi connectivity index (χ1v) is 8.81. The minimum Gasteiger partial charge on any atom is -0.495 e. The fourth-order valence-electron chi connectivity index (χ4n) is 2.81. The molecule has 2 amide bonds. The molecule has 0 heterocycles. The van der Waals surface area contributed by atoms with Crippen LogP contribution in [0.3, 0.4) is 0 Å². The lowest BCUT2D eigenvalue weighted by Crippen LogP contribution is -2.33. The number of methoxy groups -OCH3 is 1. The van der Waals surface area contributed by atoms with Crippen LogP contribution in [0.2, 0.25) is 5.02 Å². The SMILES string of the molecule is COc1ccc(NC(=O)CNC(=O)Cc2cccc3ccccc23)cc1Cl. The highest BCUT2D eigenvalue weighted by Crippen LogP contribution is 2.27. The van der Waals surface area contributed by atoms with Gasteiger partial charge in [-0.3, -0.25) is 9.59 Å². The lowest BCUT2D eigenvalue weighted by Gasteiger charge is -2.10. The normalized spacial score (nSPS) is 10.4. The second-order valence-electron chi connectivity index (χ2n) is 5.99. The Hall–Kier alpha value is -3.05. The van der Waals surface area contributed by atoms with Crippen LogP contribution in [0.1, 0.15) is 5.56 Å². The topological polar surface area (TPSA) is 67.4 Å². The molecule has 3 rings (SSSR count). The molecule has 0 saturated carbocycles. The predicted molar refractivity (Wildman–Crippen MR) is 107 cm³/mol. The van der Waals surface area contributed by atoms with Crippen LogP contribution in [0.15, 0.2) is 60.7 Å². The van der Waals surface area contributed by atoms with E-state index < -0.39 is 0 Å². The predicted octanol–water partition coefficient (Wildman–Crippen LogP) is 3.80. The molecule has 0 saturated heterocycles. The average molecular weight is 383 g/mol. The number of hydrogen-bond donors (Lipinski definition) is 2.